The van der Waals surface area contributed by atoms with Gasteiger partial charge in [-0.2, -0.15) is 0 Å². The molecule has 0 bridgehead atoms. The van der Waals surface area contributed by atoms with Crippen LogP contribution in [0.25, 0.3) is 10.8 Å². The molecule has 2 amide bonds. The summed E-state index contributed by atoms with van der Waals surface area (Å²) in [5, 5.41) is 28.9. The molecule has 0 aliphatic heterocycles. The smallest absolute Gasteiger partial charge is 0.358 e. The number of nitrogens with one attached hydrogen (secondary N) is 2. The fourth-order valence-corrected chi connectivity index (χ4v) is 2.85. The summed E-state index contributed by atoms with van der Waals surface area (Å²) in [4.78, 5) is 44.6. The van der Waals surface area contributed by atoms with Crippen molar-refractivity contribution >= 4 is 39.6 Å². The van der Waals surface area contributed by atoms with E-state index in [-0.39, 0.29) is 6.54 Å². The van der Waals surface area contributed by atoms with E-state index in [0.29, 0.717) is 5.69 Å². The number of carbonyl (C=O) groups excluding carboxylic acids is 2. The van der Waals surface area contributed by atoms with Crippen molar-refractivity contribution in [2.75, 3.05) is 11.9 Å². The molecule has 10 nitrogen and oxygen atoms in total. The van der Waals surface area contributed by atoms with Gasteiger partial charge in [0.1, 0.15) is 5.56 Å². The molecule has 0 heterocycles. The number of para-hydroxylation sites is 1. The van der Waals surface area contributed by atoms with E-state index in [9.17, 15) is 29.8 Å². The predicted octanol–water partition coefficient (Wildman–Crippen LogP) is 3.02. The third-order valence-electron chi connectivity index (χ3n) is 4.12. The first-order valence-electron chi connectivity index (χ1n) is 8.36. The fourth-order valence-electron chi connectivity index (χ4n) is 2.85. The number of benzene rings is 3. The second-order valence-corrected chi connectivity index (χ2v) is 5.95. The highest BCUT2D eigenvalue weighted by Gasteiger charge is 2.31. The molecule has 0 fully saturated rings. The molecule has 0 aliphatic rings. The quantitative estimate of drug-likeness (QED) is 0.483. The Kier molecular flexibility index (Phi) is 5.44. The minimum absolute atomic E-state index is 0.275. The maximum atomic E-state index is 12.3. The van der Waals surface area contributed by atoms with Crippen LogP contribution < -0.4 is 10.6 Å². The highest BCUT2D eigenvalue weighted by molar-refractivity contribution is 6.08. The van der Waals surface area contributed by atoms with Gasteiger partial charge in [-0.25, -0.2) is 0 Å². The highest BCUT2D eigenvalue weighted by atomic mass is 16.6. The summed E-state index contributed by atoms with van der Waals surface area (Å²) in [7, 11) is 0. The van der Waals surface area contributed by atoms with Crippen molar-refractivity contribution in [3.05, 3.63) is 86.5 Å². The van der Waals surface area contributed by atoms with Gasteiger partial charge < -0.3 is 5.32 Å². The van der Waals surface area contributed by atoms with Crippen LogP contribution in [0.15, 0.2) is 60.7 Å². The third-order valence-corrected chi connectivity index (χ3v) is 4.12. The molecule has 2 N–H and O–H groups in total. The van der Waals surface area contributed by atoms with Gasteiger partial charge in [0, 0.05) is 17.1 Å². The average molecular weight is 394 g/mol. The highest BCUT2D eigenvalue weighted by Crippen LogP contribution is 2.30. The zero-order valence-corrected chi connectivity index (χ0v) is 14.8. The van der Waals surface area contributed by atoms with E-state index in [4.69, 9.17) is 0 Å². The van der Waals surface area contributed by atoms with Crippen LogP contribution in [0.2, 0.25) is 0 Å². The standard InChI is InChI=1S/C19H14N4O6/c24-17(11-20-15-9-3-6-12-5-1-2-7-13(12)15)21-19(25)14-8-4-10-16(22(26)27)18(14)23(28)29/h1-10,20H,11H2,(H,21,24,25). The van der Waals surface area contributed by atoms with Crippen molar-refractivity contribution in [2.24, 2.45) is 0 Å². The molecule has 0 spiro atoms. The second kappa shape index (κ2) is 8.13. The Hall–Kier alpha value is -4.34. The first-order valence-corrected chi connectivity index (χ1v) is 8.36. The van der Waals surface area contributed by atoms with Gasteiger partial charge in [0.05, 0.1) is 16.4 Å². The molecule has 0 saturated carbocycles. The van der Waals surface area contributed by atoms with E-state index in [2.05, 4.69) is 5.32 Å². The molecule has 146 valence electrons. The minimum Gasteiger partial charge on any atom is -0.376 e. The van der Waals surface area contributed by atoms with Gasteiger partial charge >= 0.3 is 11.4 Å². The summed E-state index contributed by atoms with van der Waals surface area (Å²) in [5.74, 6) is -1.84. The first kappa shape index (κ1) is 19.4. The maximum absolute atomic E-state index is 12.3. The molecule has 3 rings (SSSR count). The Bertz CT molecular complexity index is 1140. The molecular formula is C19H14N4O6. The van der Waals surface area contributed by atoms with Gasteiger partial charge in [0.25, 0.3) is 5.91 Å². The predicted molar refractivity (Wildman–Crippen MR) is 105 cm³/mol. The van der Waals surface area contributed by atoms with Crippen molar-refractivity contribution in [1.82, 2.24) is 5.32 Å². The summed E-state index contributed by atoms with van der Waals surface area (Å²) in [6.45, 7) is -0.275. The number of rotatable bonds is 6. The molecule has 0 aromatic heterocycles. The second-order valence-electron chi connectivity index (χ2n) is 5.95. The minimum atomic E-state index is -1.09. The number of anilines is 1. The van der Waals surface area contributed by atoms with Crippen molar-refractivity contribution < 1.29 is 19.4 Å². The normalized spacial score (nSPS) is 10.3. The molecule has 0 atom stereocenters. The summed E-state index contributed by atoms with van der Waals surface area (Å²) >= 11 is 0. The zero-order chi connectivity index (χ0) is 21.0. The number of nitro groups is 2. The molecule has 0 aliphatic carbocycles. The van der Waals surface area contributed by atoms with E-state index in [1.165, 1.54) is 0 Å². The Morgan fingerprint density at radius 1 is 0.862 bits per heavy atom. The van der Waals surface area contributed by atoms with Crippen molar-refractivity contribution in [3.8, 4) is 0 Å². The maximum Gasteiger partial charge on any atom is 0.358 e. The summed E-state index contributed by atoms with van der Waals surface area (Å²) in [5.41, 5.74) is -1.69. The van der Waals surface area contributed by atoms with Crippen LogP contribution in [0.1, 0.15) is 10.4 Å². The molecule has 0 radical (unpaired) electrons. The number of amides is 2. The van der Waals surface area contributed by atoms with Gasteiger partial charge in [0.2, 0.25) is 5.91 Å². The fraction of sp³-hybridized carbons (Fsp3) is 0.0526. The largest absolute Gasteiger partial charge is 0.376 e. The monoisotopic (exact) mass is 394 g/mol. The first-order chi connectivity index (χ1) is 13.9. The number of nitrogens with zero attached hydrogens (tertiary/aromatic N) is 2. The molecule has 10 heteroatoms. The zero-order valence-electron chi connectivity index (χ0n) is 14.8. The molecular weight excluding hydrogens is 380 g/mol. The van der Waals surface area contributed by atoms with Gasteiger partial charge in [-0.1, -0.05) is 42.5 Å². The van der Waals surface area contributed by atoms with E-state index in [1.54, 1.807) is 12.1 Å². The van der Waals surface area contributed by atoms with Crippen LogP contribution in [0.4, 0.5) is 17.1 Å². The SMILES string of the molecule is O=C(CNc1cccc2ccccc12)NC(=O)c1cccc([N+](=O)[O-])c1[N+](=O)[O-]. The lowest BCUT2D eigenvalue weighted by atomic mass is 10.1. The van der Waals surface area contributed by atoms with Gasteiger partial charge in [-0.05, 0) is 17.5 Å². The number of nitro benzene ring substituents is 2. The Morgan fingerprint density at radius 2 is 1.55 bits per heavy atom. The molecule has 3 aromatic rings. The summed E-state index contributed by atoms with van der Waals surface area (Å²) in [6.07, 6.45) is 0. The lowest BCUT2D eigenvalue weighted by molar-refractivity contribution is -0.422. The number of hydrogen-bond acceptors (Lipinski definition) is 7. The number of hydrogen-bond donors (Lipinski definition) is 2. The van der Waals surface area contributed by atoms with Crippen molar-refractivity contribution in [1.29, 1.82) is 0 Å². The Balaban J connectivity index is 1.75. The van der Waals surface area contributed by atoms with E-state index in [0.717, 1.165) is 29.0 Å². The van der Waals surface area contributed by atoms with Crippen LogP contribution in [0, 0.1) is 20.2 Å². The summed E-state index contributed by atoms with van der Waals surface area (Å²) < 4.78 is 0. The van der Waals surface area contributed by atoms with E-state index in [1.807, 2.05) is 35.6 Å². The van der Waals surface area contributed by atoms with Crippen molar-refractivity contribution in [3.63, 3.8) is 0 Å². The summed E-state index contributed by atoms with van der Waals surface area (Å²) in [6, 6.07) is 16.1. The number of carbonyl (C=O) groups is 2. The van der Waals surface area contributed by atoms with E-state index < -0.39 is 38.6 Å². The lowest BCUT2D eigenvalue weighted by Gasteiger charge is -2.10. The molecule has 0 saturated heterocycles. The van der Waals surface area contributed by atoms with Crippen LogP contribution in [-0.4, -0.2) is 28.2 Å². The van der Waals surface area contributed by atoms with Crippen LogP contribution >= 0.6 is 0 Å². The van der Waals surface area contributed by atoms with Gasteiger partial charge in [0.15, 0.2) is 0 Å². The average Bonchev–Trinajstić information content (AvgIpc) is 2.71. The van der Waals surface area contributed by atoms with Crippen molar-refractivity contribution in [2.45, 2.75) is 0 Å². The van der Waals surface area contributed by atoms with Crippen LogP contribution in [0.5, 0.6) is 0 Å². The molecule has 3 aromatic carbocycles. The topological polar surface area (TPSA) is 144 Å². The number of fused-ring (bicyclic) bond motifs is 1. The van der Waals surface area contributed by atoms with Crippen LogP contribution in [-0.2, 0) is 4.79 Å². The molecule has 29 heavy (non-hydrogen) atoms. The van der Waals surface area contributed by atoms with Crippen LogP contribution in [0.3, 0.4) is 0 Å². The van der Waals surface area contributed by atoms with Gasteiger partial charge in [-0.15, -0.1) is 0 Å². The van der Waals surface area contributed by atoms with Gasteiger partial charge in [-0.3, -0.25) is 35.1 Å². The van der Waals surface area contributed by atoms with E-state index >= 15 is 0 Å². The Labute approximate surface area is 163 Å². The Morgan fingerprint density at radius 3 is 2.28 bits per heavy atom. The molecule has 0 unspecified atom stereocenters. The lowest BCUT2D eigenvalue weighted by Crippen LogP contribution is -2.35. The third kappa shape index (κ3) is 4.16. The number of imide groups is 1.